The van der Waals surface area contributed by atoms with E-state index < -0.39 is 10.2 Å². The number of carbonyl (C=O) groups is 1. The lowest BCUT2D eigenvalue weighted by atomic mass is 10.2. The molecule has 0 aliphatic heterocycles. The smallest absolute Gasteiger partial charge is 0.269 e. The first kappa shape index (κ1) is 19.8. The van der Waals surface area contributed by atoms with Crippen molar-refractivity contribution in [3.05, 3.63) is 57.6 Å². The lowest BCUT2D eigenvalue weighted by molar-refractivity contribution is -0.384. The first-order chi connectivity index (χ1) is 14.3. The Labute approximate surface area is 175 Å². The van der Waals surface area contributed by atoms with E-state index in [9.17, 15) is 14.9 Å². The highest BCUT2D eigenvalue weighted by Crippen LogP contribution is 2.27. The summed E-state index contributed by atoms with van der Waals surface area (Å²) in [6, 6.07) is 10.3. The average Bonchev–Trinajstić information content (AvgIpc) is 3.06. The van der Waals surface area contributed by atoms with Gasteiger partial charge in [0.05, 0.1) is 10.2 Å². The number of benzene rings is 2. The van der Waals surface area contributed by atoms with E-state index in [4.69, 9.17) is 0 Å². The highest BCUT2D eigenvalue weighted by atomic mass is 32.2. The van der Waals surface area contributed by atoms with E-state index in [1.165, 1.54) is 30.0 Å². The van der Waals surface area contributed by atoms with Gasteiger partial charge in [-0.05, 0) is 44.5 Å². The molecule has 4 rings (SSSR count). The second-order valence-electron chi connectivity index (χ2n) is 6.97. The number of nitro groups is 1. The summed E-state index contributed by atoms with van der Waals surface area (Å²) in [5.74, 6) is -0.257. The number of anilines is 1. The van der Waals surface area contributed by atoms with E-state index in [-0.39, 0.29) is 11.6 Å². The third-order valence-electron chi connectivity index (χ3n) is 4.68. The second kappa shape index (κ2) is 7.71. The van der Waals surface area contributed by atoms with Crippen LogP contribution in [-0.4, -0.2) is 36.2 Å². The maximum Gasteiger partial charge on any atom is 0.269 e. The van der Waals surface area contributed by atoms with Gasteiger partial charge in [-0.1, -0.05) is 23.4 Å². The number of hydrogen-bond donors (Lipinski definition) is 2. The van der Waals surface area contributed by atoms with Crippen LogP contribution in [0.4, 0.5) is 11.4 Å². The fourth-order valence-corrected chi connectivity index (χ4v) is 3.78. The largest absolute Gasteiger partial charge is 0.338 e. The van der Waals surface area contributed by atoms with Gasteiger partial charge in [-0.25, -0.2) is 4.98 Å². The minimum Gasteiger partial charge on any atom is -0.338 e. The number of non-ortho nitro benzene ring substituents is 1. The lowest BCUT2D eigenvalue weighted by Gasteiger charge is -2.12. The number of aryl methyl sites for hydroxylation is 2. The van der Waals surface area contributed by atoms with Gasteiger partial charge >= 0.3 is 0 Å². The molecule has 0 unspecified atom stereocenters. The number of amides is 1. The number of carbonyl (C=O) groups excluding carboxylic acids is 1. The number of H-pyrrole nitrogens is 1. The van der Waals surface area contributed by atoms with E-state index in [2.05, 4.69) is 25.5 Å². The molecule has 0 fully saturated rings. The Kier molecular flexibility index (Phi) is 5.08. The highest BCUT2D eigenvalue weighted by Gasteiger charge is 2.19. The zero-order chi connectivity index (χ0) is 21.4. The molecule has 30 heavy (non-hydrogen) atoms. The molecule has 0 radical (unpaired) electrons. The van der Waals surface area contributed by atoms with Gasteiger partial charge in [0.1, 0.15) is 5.52 Å². The van der Waals surface area contributed by atoms with E-state index in [0.717, 1.165) is 16.5 Å². The molecule has 0 spiro atoms. The Morgan fingerprint density at radius 2 is 2.00 bits per heavy atom. The van der Waals surface area contributed by atoms with Gasteiger partial charge in [0.2, 0.25) is 11.1 Å². The van der Waals surface area contributed by atoms with Gasteiger partial charge in [0.25, 0.3) is 5.69 Å². The number of aromatic nitrogens is 4. The molecule has 4 aromatic rings. The summed E-state index contributed by atoms with van der Waals surface area (Å²) in [5.41, 5.74) is 4.48. The highest BCUT2D eigenvalue weighted by molar-refractivity contribution is 8.00. The molecule has 152 valence electrons. The van der Waals surface area contributed by atoms with Crippen LogP contribution < -0.4 is 5.32 Å². The molecule has 10 heteroatoms. The first-order valence-corrected chi connectivity index (χ1v) is 10.0. The van der Waals surface area contributed by atoms with Gasteiger partial charge in [0, 0.05) is 28.7 Å². The number of hydrogen-bond acceptors (Lipinski definition) is 7. The van der Waals surface area contributed by atoms with Crippen LogP contribution in [0.2, 0.25) is 0 Å². The SMILES string of the molecule is Cc1ccc2[nH]c3nc(S[C@@H](C)C(=O)Nc4ccc([N+](=O)[O-])cc4C)nnc3c2c1. The Morgan fingerprint density at radius 1 is 1.20 bits per heavy atom. The summed E-state index contributed by atoms with van der Waals surface area (Å²) >= 11 is 1.19. The van der Waals surface area contributed by atoms with Gasteiger partial charge in [-0.15, -0.1) is 10.2 Å². The molecule has 0 aliphatic carbocycles. The van der Waals surface area contributed by atoms with E-state index in [0.29, 0.717) is 27.6 Å². The fourth-order valence-electron chi connectivity index (χ4n) is 3.07. The Balaban J connectivity index is 1.51. The summed E-state index contributed by atoms with van der Waals surface area (Å²) in [4.78, 5) is 30.7. The van der Waals surface area contributed by atoms with Crippen LogP contribution in [0.3, 0.4) is 0 Å². The maximum atomic E-state index is 12.6. The van der Waals surface area contributed by atoms with Crippen LogP contribution in [0.1, 0.15) is 18.1 Å². The number of rotatable bonds is 5. The van der Waals surface area contributed by atoms with E-state index in [1.54, 1.807) is 13.8 Å². The number of nitrogens with one attached hydrogen (secondary N) is 2. The van der Waals surface area contributed by atoms with Gasteiger partial charge in [-0.3, -0.25) is 14.9 Å². The molecule has 1 amide bonds. The molecular weight excluding hydrogens is 404 g/mol. The minimum absolute atomic E-state index is 0.0192. The summed E-state index contributed by atoms with van der Waals surface area (Å²) < 4.78 is 0. The van der Waals surface area contributed by atoms with Gasteiger partial charge < -0.3 is 10.3 Å². The zero-order valence-corrected chi connectivity index (χ0v) is 17.3. The topological polar surface area (TPSA) is 127 Å². The van der Waals surface area contributed by atoms with Crippen LogP contribution in [0.15, 0.2) is 41.6 Å². The molecule has 2 N–H and O–H groups in total. The molecular formula is C20H18N6O3S. The van der Waals surface area contributed by atoms with Crippen molar-refractivity contribution in [3.63, 3.8) is 0 Å². The Bertz CT molecular complexity index is 1300. The lowest BCUT2D eigenvalue weighted by Crippen LogP contribution is -2.23. The summed E-state index contributed by atoms with van der Waals surface area (Å²) in [6.07, 6.45) is 0. The first-order valence-electron chi connectivity index (χ1n) is 9.17. The Morgan fingerprint density at radius 3 is 2.73 bits per heavy atom. The number of thioether (sulfide) groups is 1. The molecule has 0 saturated heterocycles. The van der Waals surface area contributed by atoms with E-state index in [1.807, 2.05) is 25.1 Å². The molecule has 2 aromatic heterocycles. The third kappa shape index (κ3) is 3.81. The number of fused-ring (bicyclic) bond motifs is 3. The minimum atomic E-state index is -0.495. The van der Waals surface area contributed by atoms with Gasteiger partial charge in [-0.2, -0.15) is 0 Å². The number of aromatic amines is 1. The van der Waals surface area contributed by atoms with Crippen molar-refractivity contribution in [2.24, 2.45) is 0 Å². The van der Waals surface area contributed by atoms with Crippen LogP contribution >= 0.6 is 11.8 Å². The average molecular weight is 422 g/mol. The number of nitro benzene ring substituents is 1. The van der Waals surface area contributed by atoms with Crippen molar-refractivity contribution in [1.29, 1.82) is 0 Å². The molecule has 2 aromatic carbocycles. The maximum absolute atomic E-state index is 12.6. The standard InChI is InChI=1S/C20H18N6O3S/c1-10-4-6-16-14(8-10)17-18(21-16)23-20(25-24-17)30-12(3)19(27)22-15-7-5-13(26(28)29)9-11(15)2/h4-9,12H,1-3H3,(H,22,27)(H,21,23,25)/t12-/m0/s1. The van der Waals surface area contributed by atoms with Crippen molar-refractivity contribution in [3.8, 4) is 0 Å². The predicted octanol–water partition coefficient (Wildman–Crippen LogP) is 4.15. The van der Waals surface area contributed by atoms with Crippen LogP contribution in [0.5, 0.6) is 0 Å². The summed E-state index contributed by atoms with van der Waals surface area (Å²) in [7, 11) is 0. The van der Waals surface area contributed by atoms with Crippen LogP contribution in [-0.2, 0) is 4.79 Å². The molecule has 9 nitrogen and oxygen atoms in total. The molecule has 0 saturated carbocycles. The van der Waals surface area contributed by atoms with Crippen molar-refractivity contribution in [2.45, 2.75) is 31.2 Å². The normalized spacial score (nSPS) is 12.2. The second-order valence-corrected chi connectivity index (χ2v) is 8.28. The van der Waals surface area contributed by atoms with Crippen molar-refractivity contribution >= 4 is 51.1 Å². The van der Waals surface area contributed by atoms with Crippen molar-refractivity contribution in [1.82, 2.24) is 20.2 Å². The van der Waals surface area contributed by atoms with Crippen LogP contribution in [0, 0.1) is 24.0 Å². The zero-order valence-electron chi connectivity index (χ0n) is 16.5. The van der Waals surface area contributed by atoms with E-state index >= 15 is 0 Å². The molecule has 1 atom stereocenters. The summed E-state index contributed by atoms with van der Waals surface area (Å²) in [6.45, 7) is 5.46. The Hall–Kier alpha value is -3.53. The fraction of sp³-hybridized carbons (Fsp3) is 0.200. The quantitative estimate of drug-likeness (QED) is 0.281. The van der Waals surface area contributed by atoms with Gasteiger partial charge in [0.15, 0.2) is 5.65 Å². The van der Waals surface area contributed by atoms with Crippen LogP contribution in [0.25, 0.3) is 22.1 Å². The molecule has 0 aliphatic rings. The van der Waals surface area contributed by atoms with Crippen molar-refractivity contribution < 1.29 is 9.72 Å². The van der Waals surface area contributed by atoms with Crippen molar-refractivity contribution in [2.75, 3.05) is 5.32 Å². The molecule has 2 heterocycles. The molecule has 0 bridgehead atoms. The predicted molar refractivity (Wildman–Crippen MR) is 116 cm³/mol. The number of nitrogens with zero attached hydrogens (tertiary/aromatic N) is 4. The monoisotopic (exact) mass is 422 g/mol. The third-order valence-corrected chi connectivity index (χ3v) is 5.63. The summed E-state index contributed by atoms with van der Waals surface area (Å²) in [5, 5.41) is 23.0.